The molecule has 3 rings (SSSR count). The largest absolute Gasteiger partial charge is 0.507 e. The Balaban J connectivity index is 2.03. The first-order valence-electron chi connectivity index (χ1n) is 9.17. The number of rotatable bonds is 7. The molecule has 2 aromatic heterocycles. The van der Waals surface area contributed by atoms with Gasteiger partial charge in [0.25, 0.3) is 5.56 Å². The van der Waals surface area contributed by atoms with E-state index >= 15 is 0 Å². The number of carboxylic acid groups (broad SMARTS) is 1. The molecule has 3 aromatic rings. The van der Waals surface area contributed by atoms with Crippen LogP contribution in [-0.2, 0) is 13.0 Å². The number of phenols is 1. The number of aromatic hydroxyl groups is 1. The lowest BCUT2D eigenvalue weighted by Gasteiger charge is -2.15. The monoisotopic (exact) mass is 414 g/mol. The smallest absolute Gasteiger partial charge is 0.342 e. The second kappa shape index (κ2) is 8.32. The molecule has 0 radical (unpaired) electrons. The number of pyridine rings is 1. The normalized spacial score (nSPS) is 10.9. The molecule has 1 aromatic carbocycles. The van der Waals surface area contributed by atoms with Gasteiger partial charge in [0.15, 0.2) is 5.78 Å². The second-order valence-electron chi connectivity index (χ2n) is 6.66. The fourth-order valence-corrected chi connectivity index (χ4v) is 3.14. The fraction of sp³-hybridized carbons (Fsp3) is 0.238. The first-order valence-corrected chi connectivity index (χ1v) is 9.17. The third-order valence-electron chi connectivity index (χ3n) is 4.62. The molecule has 8 nitrogen and oxygen atoms in total. The maximum absolute atomic E-state index is 14.2. The molecule has 2 heterocycles. The van der Waals surface area contributed by atoms with Crippen molar-refractivity contribution >= 4 is 17.4 Å². The Hall–Kier alpha value is -3.75. The van der Waals surface area contributed by atoms with Gasteiger partial charge in [-0.2, -0.15) is 4.39 Å². The lowest BCUT2D eigenvalue weighted by atomic mass is 10.0. The van der Waals surface area contributed by atoms with Crippen LogP contribution in [-0.4, -0.2) is 31.4 Å². The first-order chi connectivity index (χ1) is 14.3. The molecular formula is C21H19FN2O6. The standard InChI is InChI=1S/C21H19FN2O6/c1-3-4-14-16(7-6-13(11(2)25)18(14)26)30-10-12-5-8-17(22)24-19(12)23-9-15(20(24)27)21(28)29/h5-9,26H,3-4,10H2,1-2H3,(H,28,29). The summed E-state index contributed by atoms with van der Waals surface area (Å²) in [5.41, 5.74) is -0.779. The quantitative estimate of drug-likeness (QED) is 0.451. The molecule has 0 atom stereocenters. The molecule has 0 bridgehead atoms. The van der Waals surface area contributed by atoms with E-state index in [2.05, 4.69) is 4.98 Å². The highest BCUT2D eigenvalue weighted by atomic mass is 19.1. The minimum Gasteiger partial charge on any atom is -0.507 e. The van der Waals surface area contributed by atoms with Crippen LogP contribution in [0.3, 0.4) is 0 Å². The third-order valence-corrected chi connectivity index (χ3v) is 4.62. The van der Waals surface area contributed by atoms with Crippen molar-refractivity contribution in [3.63, 3.8) is 0 Å². The summed E-state index contributed by atoms with van der Waals surface area (Å²) in [6, 6.07) is 5.41. The molecule has 0 aliphatic carbocycles. The van der Waals surface area contributed by atoms with Gasteiger partial charge in [-0.1, -0.05) is 13.3 Å². The maximum Gasteiger partial charge on any atom is 0.342 e. The highest BCUT2D eigenvalue weighted by molar-refractivity contribution is 5.97. The number of halogens is 1. The van der Waals surface area contributed by atoms with Gasteiger partial charge >= 0.3 is 5.97 Å². The number of ketones is 1. The molecule has 156 valence electrons. The number of hydrogen-bond donors (Lipinski definition) is 2. The van der Waals surface area contributed by atoms with Crippen molar-refractivity contribution in [2.45, 2.75) is 33.3 Å². The molecule has 2 N–H and O–H groups in total. The number of fused-ring (bicyclic) bond motifs is 1. The van der Waals surface area contributed by atoms with Gasteiger partial charge in [0.05, 0.1) is 5.56 Å². The minimum atomic E-state index is -1.51. The van der Waals surface area contributed by atoms with Crippen LogP contribution in [0, 0.1) is 5.95 Å². The second-order valence-corrected chi connectivity index (χ2v) is 6.66. The number of aromatic carboxylic acids is 1. The molecule has 0 aliphatic rings. The number of carbonyl (C=O) groups excluding carboxylic acids is 1. The predicted molar refractivity (Wildman–Crippen MR) is 105 cm³/mol. The van der Waals surface area contributed by atoms with Crippen LogP contribution in [0.2, 0.25) is 0 Å². The molecule has 0 saturated heterocycles. The van der Waals surface area contributed by atoms with Gasteiger partial charge in [0.2, 0.25) is 5.95 Å². The van der Waals surface area contributed by atoms with E-state index in [9.17, 15) is 23.9 Å². The van der Waals surface area contributed by atoms with Crippen molar-refractivity contribution in [1.82, 2.24) is 9.38 Å². The number of carbonyl (C=O) groups is 2. The van der Waals surface area contributed by atoms with E-state index < -0.39 is 23.0 Å². The highest BCUT2D eigenvalue weighted by Crippen LogP contribution is 2.33. The summed E-state index contributed by atoms with van der Waals surface area (Å²) >= 11 is 0. The SMILES string of the molecule is CCCc1c(OCc2ccc(F)n3c(=O)c(C(=O)O)cnc23)ccc(C(C)=O)c1O. The Morgan fingerprint density at radius 2 is 1.93 bits per heavy atom. The molecule has 9 heteroatoms. The lowest BCUT2D eigenvalue weighted by Crippen LogP contribution is -2.25. The maximum atomic E-state index is 14.2. The van der Waals surface area contributed by atoms with Crippen molar-refractivity contribution in [3.8, 4) is 11.5 Å². The van der Waals surface area contributed by atoms with E-state index in [0.717, 1.165) is 12.3 Å². The Bertz CT molecular complexity index is 1220. The van der Waals surface area contributed by atoms with Crippen molar-refractivity contribution in [2.75, 3.05) is 0 Å². The summed E-state index contributed by atoms with van der Waals surface area (Å²) in [5, 5.41) is 19.5. The number of benzene rings is 1. The number of aromatic nitrogens is 2. The van der Waals surface area contributed by atoms with Gasteiger partial charge in [-0.3, -0.25) is 9.59 Å². The summed E-state index contributed by atoms with van der Waals surface area (Å²) in [6.45, 7) is 3.14. The van der Waals surface area contributed by atoms with Crippen LogP contribution >= 0.6 is 0 Å². The zero-order valence-electron chi connectivity index (χ0n) is 16.3. The summed E-state index contributed by atoms with van der Waals surface area (Å²) < 4.78 is 20.6. The number of Topliss-reactive ketones (excluding diaryl/α,β-unsaturated/α-hetero) is 1. The van der Waals surface area contributed by atoms with Crippen LogP contribution in [0.25, 0.3) is 5.65 Å². The van der Waals surface area contributed by atoms with E-state index in [4.69, 9.17) is 9.84 Å². The summed E-state index contributed by atoms with van der Waals surface area (Å²) in [5.74, 6) is -2.55. The van der Waals surface area contributed by atoms with Gasteiger partial charge in [-0.05, 0) is 37.6 Å². The van der Waals surface area contributed by atoms with Crippen molar-refractivity contribution in [2.24, 2.45) is 0 Å². The first kappa shape index (κ1) is 21.0. The Labute approximate surface area is 170 Å². The van der Waals surface area contributed by atoms with Crippen molar-refractivity contribution < 1.29 is 28.9 Å². The van der Waals surface area contributed by atoms with Crippen molar-refractivity contribution in [3.05, 3.63) is 69.0 Å². The topological polar surface area (TPSA) is 118 Å². The lowest BCUT2D eigenvalue weighted by molar-refractivity contribution is 0.0694. The van der Waals surface area contributed by atoms with E-state index in [1.807, 2.05) is 6.92 Å². The number of hydrogen-bond acceptors (Lipinski definition) is 6. The molecule has 0 amide bonds. The number of nitrogens with zero attached hydrogens (tertiary/aromatic N) is 2. The van der Waals surface area contributed by atoms with Crippen LogP contribution < -0.4 is 10.3 Å². The number of phenolic OH excluding ortho intramolecular Hbond substituents is 1. The van der Waals surface area contributed by atoms with Gasteiger partial charge in [-0.15, -0.1) is 0 Å². The molecule has 0 unspecified atom stereocenters. The molecule has 0 fully saturated rings. The van der Waals surface area contributed by atoms with E-state index in [0.29, 0.717) is 34.1 Å². The van der Waals surface area contributed by atoms with Gasteiger partial charge in [0, 0.05) is 17.3 Å². The molecular weight excluding hydrogens is 395 g/mol. The van der Waals surface area contributed by atoms with E-state index in [-0.39, 0.29) is 29.4 Å². The number of carboxylic acids is 1. The van der Waals surface area contributed by atoms with Gasteiger partial charge in [0.1, 0.15) is 29.3 Å². The average molecular weight is 414 g/mol. The molecule has 0 saturated carbocycles. The number of ether oxygens (including phenoxy) is 1. The predicted octanol–water partition coefficient (Wildman–Crippen LogP) is 2.97. The average Bonchev–Trinajstić information content (AvgIpc) is 2.69. The van der Waals surface area contributed by atoms with Crippen LogP contribution in [0.4, 0.5) is 4.39 Å². The summed E-state index contributed by atoms with van der Waals surface area (Å²) in [4.78, 5) is 39.0. The fourth-order valence-electron chi connectivity index (χ4n) is 3.14. The molecule has 30 heavy (non-hydrogen) atoms. The molecule has 0 spiro atoms. The van der Waals surface area contributed by atoms with Crippen LogP contribution in [0.15, 0.2) is 35.3 Å². The summed E-state index contributed by atoms with van der Waals surface area (Å²) in [7, 11) is 0. The Morgan fingerprint density at radius 3 is 2.57 bits per heavy atom. The van der Waals surface area contributed by atoms with E-state index in [1.165, 1.54) is 19.1 Å². The molecule has 0 aliphatic heterocycles. The zero-order valence-corrected chi connectivity index (χ0v) is 16.3. The van der Waals surface area contributed by atoms with Crippen LogP contribution in [0.5, 0.6) is 11.5 Å². The Morgan fingerprint density at radius 1 is 1.20 bits per heavy atom. The Kier molecular flexibility index (Phi) is 5.81. The third kappa shape index (κ3) is 3.73. The highest BCUT2D eigenvalue weighted by Gasteiger charge is 2.18. The zero-order chi connectivity index (χ0) is 22.0. The minimum absolute atomic E-state index is 0.0772. The van der Waals surface area contributed by atoms with Gasteiger partial charge < -0.3 is 14.9 Å². The van der Waals surface area contributed by atoms with E-state index in [1.54, 1.807) is 6.07 Å². The summed E-state index contributed by atoms with van der Waals surface area (Å²) in [6.07, 6.45) is 2.03. The van der Waals surface area contributed by atoms with Crippen molar-refractivity contribution in [1.29, 1.82) is 0 Å². The van der Waals surface area contributed by atoms with Gasteiger partial charge in [-0.25, -0.2) is 14.2 Å². The van der Waals surface area contributed by atoms with Crippen LogP contribution in [0.1, 0.15) is 52.1 Å².